The van der Waals surface area contributed by atoms with E-state index in [4.69, 9.17) is 0 Å². The van der Waals surface area contributed by atoms with E-state index in [0.717, 1.165) is 22.2 Å². The molecule has 5 nitrogen and oxygen atoms in total. The van der Waals surface area contributed by atoms with E-state index in [2.05, 4.69) is 47.6 Å². The van der Waals surface area contributed by atoms with Crippen LogP contribution in [0.5, 0.6) is 0 Å². The van der Waals surface area contributed by atoms with Crippen LogP contribution in [0.3, 0.4) is 0 Å². The molecular weight excluding hydrogens is 308 g/mol. The lowest BCUT2D eigenvalue weighted by molar-refractivity contribution is -0.119. The molecule has 1 amide bonds. The second-order valence-corrected chi connectivity index (χ2v) is 7.68. The number of aryl methyl sites for hydroxylation is 3. The van der Waals surface area contributed by atoms with Crippen molar-refractivity contribution < 1.29 is 4.79 Å². The van der Waals surface area contributed by atoms with E-state index in [1.165, 1.54) is 17.3 Å². The van der Waals surface area contributed by atoms with Crippen molar-refractivity contribution in [2.24, 2.45) is 0 Å². The molecule has 2 aromatic rings. The molecule has 0 atom stereocenters. The Kier molecular flexibility index (Phi) is 5.14. The van der Waals surface area contributed by atoms with Gasteiger partial charge in [0.15, 0.2) is 5.16 Å². The highest BCUT2D eigenvalue weighted by molar-refractivity contribution is 7.99. The third kappa shape index (κ3) is 4.58. The first-order valence-electron chi connectivity index (χ1n) is 7.61. The van der Waals surface area contributed by atoms with E-state index in [9.17, 15) is 4.79 Å². The van der Waals surface area contributed by atoms with Crippen molar-refractivity contribution in [1.82, 2.24) is 20.1 Å². The number of thioether (sulfide) groups is 1. The fraction of sp³-hybridized carbons (Fsp3) is 0.471. The quantitative estimate of drug-likeness (QED) is 0.874. The van der Waals surface area contributed by atoms with Gasteiger partial charge in [0.2, 0.25) is 5.91 Å². The van der Waals surface area contributed by atoms with Gasteiger partial charge in [-0.15, -0.1) is 10.2 Å². The maximum absolute atomic E-state index is 12.0. The minimum Gasteiger partial charge on any atom is -0.351 e. The van der Waals surface area contributed by atoms with Gasteiger partial charge in [-0.05, 0) is 58.7 Å². The number of rotatable bonds is 4. The normalized spacial score (nSPS) is 11.6. The summed E-state index contributed by atoms with van der Waals surface area (Å²) in [5, 5.41) is 12.1. The fourth-order valence-corrected chi connectivity index (χ4v) is 3.05. The second-order valence-electron chi connectivity index (χ2n) is 6.74. The summed E-state index contributed by atoms with van der Waals surface area (Å²) in [6, 6.07) is 6.29. The average molecular weight is 332 g/mol. The van der Waals surface area contributed by atoms with Gasteiger partial charge in [-0.25, -0.2) is 0 Å². The minimum atomic E-state index is -0.228. The monoisotopic (exact) mass is 332 g/mol. The van der Waals surface area contributed by atoms with E-state index < -0.39 is 0 Å². The average Bonchev–Trinajstić information content (AvgIpc) is 2.78. The van der Waals surface area contributed by atoms with Gasteiger partial charge in [0.05, 0.1) is 11.4 Å². The Labute approximate surface area is 141 Å². The molecule has 0 aliphatic rings. The van der Waals surface area contributed by atoms with Crippen LogP contribution in [0.25, 0.3) is 5.69 Å². The summed E-state index contributed by atoms with van der Waals surface area (Å²) in [5.74, 6) is 1.13. The lowest BCUT2D eigenvalue weighted by Crippen LogP contribution is -2.41. The molecule has 0 radical (unpaired) electrons. The van der Waals surface area contributed by atoms with Crippen LogP contribution in [0.15, 0.2) is 23.4 Å². The smallest absolute Gasteiger partial charge is 0.230 e. The molecule has 0 bridgehead atoms. The van der Waals surface area contributed by atoms with Gasteiger partial charge in [-0.1, -0.05) is 23.9 Å². The van der Waals surface area contributed by atoms with Gasteiger partial charge in [0, 0.05) is 5.54 Å². The summed E-state index contributed by atoms with van der Waals surface area (Å²) in [4.78, 5) is 12.0. The Morgan fingerprint density at radius 3 is 2.57 bits per heavy atom. The van der Waals surface area contributed by atoms with Crippen molar-refractivity contribution in [1.29, 1.82) is 0 Å². The maximum Gasteiger partial charge on any atom is 0.230 e. The molecule has 124 valence electrons. The molecule has 6 heteroatoms. The van der Waals surface area contributed by atoms with E-state index >= 15 is 0 Å². The molecule has 0 unspecified atom stereocenters. The third-order valence-corrected chi connectivity index (χ3v) is 4.18. The molecule has 0 fully saturated rings. The number of carbonyl (C=O) groups excluding carboxylic acids is 1. The Morgan fingerprint density at radius 1 is 1.22 bits per heavy atom. The molecule has 1 heterocycles. The van der Waals surface area contributed by atoms with E-state index in [0.29, 0.717) is 5.75 Å². The molecule has 0 saturated carbocycles. The zero-order valence-electron chi connectivity index (χ0n) is 14.6. The molecule has 23 heavy (non-hydrogen) atoms. The first-order chi connectivity index (χ1) is 10.7. The number of carbonyl (C=O) groups is 1. The number of hydrogen-bond acceptors (Lipinski definition) is 4. The zero-order valence-corrected chi connectivity index (χ0v) is 15.4. The summed E-state index contributed by atoms with van der Waals surface area (Å²) in [5.41, 5.74) is 3.17. The van der Waals surface area contributed by atoms with Crippen molar-refractivity contribution >= 4 is 17.7 Å². The predicted molar refractivity (Wildman–Crippen MR) is 94.2 cm³/mol. The maximum atomic E-state index is 12.0. The third-order valence-electron chi connectivity index (χ3n) is 3.25. The van der Waals surface area contributed by atoms with Crippen molar-refractivity contribution in [2.45, 2.75) is 52.2 Å². The zero-order chi connectivity index (χ0) is 17.2. The van der Waals surface area contributed by atoms with Gasteiger partial charge in [0.25, 0.3) is 0 Å². The first kappa shape index (κ1) is 17.5. The number of aromatic nitrogens is 3. The van der Waals surface area contributed by atoms with Gasteiger partial charge >= 0.3 is 0 Å². The summed E-state index contributed by atoms with van der Waals surface area (Å²) >= 11 is 1.40. The Bertz CT molecular complexity index is 716. The topological polar surface area (TPSA) is 59.8 Å². The predicted octanol–water partition coefficient (Wildman–Crippen LogP) is 3.20. The van der Waals surface area contributed by atoms with Crippen LogP contribution in [-0.2, 0) is 4.79 Å². The molecule has 0 saturated heterocycles. The molecule has 1 aromatic heterocycles. The SMILES string of the molecule is Cc1ccc(C)c(-n2c(C)nnc2SCC(=O)NC(C)(C)C)c1. The minimum absolute atomic E-state index is 0.00401. The Balaban J connectivity index is 2.23. The van der Waals surface area contributed by atoms with E-state index in [1.807, 2.05) is 32.3 Å². The van der Waals surface area contributed by atoms with Gasteiger partial charge in [0.1, 0.15) is 5.82 Å². The van der Waals surface area contributed by atoms with Crippen molar-refractivity contribution in [2.75, 3.05) is 5.75 Å². The fourth-order valence-electron chi connectivity index (χ4n) is 2.26. The number of hydrogen-bond donors (Lipinski definition) is 1. The van der Waals surface area contributed by atoms with Crippen molar-refractivity contribution in [3.8, 4) is 5.69 Å². The number of benzene rings is 1. The summed E-state index contributed by atoms with van der Waals surface area (Å²) in [7, 11) is 0. The highest BCUT2D eigenvalue weighted by Gasteiger charge is 2.17. The summed E-state index contributed by atoms with van der Waals surface area (Å²) < 4.78 is 2.01. The van der Waals surface area contributed by atoms with Crippen molar-refractivity contribution in [3.05, 3.63) is 35.2 Å². The second kappa shape index (κ2) is 6.74. The van der Waals surface area contributed by atoms with Crippen LogP contribution >= 0.6 is 11.8 Å². The highest BCUT2D eigenvalue weighted by atomic mass is 32.2. The molecular formula is C17H24N4OS. The van der Waals surface area contributed by atoms with Gasteiger partial charge < -0.3 is 5.32 Å². The molecule has 0 spiro atoms. The molecule has 2 rings (SSSR count). The first-order valence-corrected chi connectivity index (χ1v) is 8.59. The lowest BCUT2D eigenvalue weighted by atomic mass is 10.1. The lowest BCUT2D eigenvalue weighted by Gasteiger charge is -2.20. The molecule has 0 aliphatic carbocycles. The number of nitrogens with one attached hydrogen (secondary N) is 1. The van der Waals surface area contributed by atoms with Crippen molar-refractivity contribution in [3.63, 3.8) is 0 Å². The van der Waals surface area contributed by atoms with E-state index in [-0.39, 0.29) is 11.4 Å². The largest absolute Gasteiger partial charge is 0.351 e. The van der Waals surface area contributed by atoms with Crippen LogP contribution in [0.1, 0.15) is 37.7 Å². The summed E-state index contributed by atoms with van der Waals surface area (Å²) in [6.45, 7) is 12.0. The molecule has 1 aromatic carbocycles. The van der Waals surface area contributed by atoms with Gasteiger partial charge in [-0.2, -0.15) is 0 Å². The summed E-state index contributed by atoms with van der Waals surface area (Å²) in [6.07, 6.45) is 0. The molecule has 1 N–H and O–H groups in total. The van der Waals surface area contributed by atoms with Crippen LogP contribution in [0.4, 0.5) is 0 Å². The van der Waals surface area contributed by atoms with Crippen LogP contribution in [0.2, 0.25) is 0 Å². The van der Waals surface area contributed by atoms with Gasteiger partial charge in [-0.3, -0.25) is 9.36 Å². The number of nitrogens with zero attached hydrogens (tertiary/aromatic N) is 3. The Morgan fingerprint density at radius 2 is 1.91 bits per heavy atom. The van der Waals surface area contributed by atoms with E-state index in [1.54, 1.807) is 0 Å². The van der Waals surface area contributed by atoms with Crippen LogP contribution in [0, 0.1) is 20.8 Å². The number of amides is 1. The highest BCUT2D eigenvalue weighted by Crippen LogP contribution is 2.24. The standard InChI is InChI=1S/C17H24N4OS/c1-11-7-8-12(2)14(9-11)21-13(3)19-20-16(21)23-10-15(22)18-17(4,5)6/h7-9H,10H2,1-6H3,(H,18,22). The Hall–Kier alpha value is -1.82. The van der Waals surface area contributed by atoms with Crippen LogP contribution < -0.4 is 5.32 Å². The molecule has 0 aliphatic heterocycles. The van der Waals surface area contributed by atoms with Crippen LogP contribution in [-0.4, -0.2) is 32.0 Å².